The number of allylic oxidation sites excluding steroid dienone is 2. The summed E-state index contributed by atoms with van der Waals surface area (Å²) in [6.07, 6.45) is 8.86. The van der Waals surface area contributed by atoms with Crippen molar-refractivity contribution in [2.75, 3.05) is 0 Å². The monoisotopic (exact) mass is 216 g/mol. The number of thioether (sulfide) groups is 1. The van der Waals surface area contributed by atoms with Crippen LogP contribution < -0.4 is 0 Å². The molecule has 78 valence electrons. The second kappa shape index (κ2) is 4.05. The largest absolute Gasteiger partial charge is 0.148 e. The molecule has 1 aliphatic carbocycles. The molecule has 15 heavy (non-hydrogen) atoms. The van der Waals surface area contributed by atoms with Crippen molar-refractivity contribution in [2.45, 2.75) is 30.3 Å². The van der Waals surface area contributed by atoms with Crippen LogP contribution in [0.1, 0.15) is 35.6 Å². The molecule has 3 rings (SSSR count). The summed E-state index contributed by atoms with van der Waals surface area (Å²) < 4.78 is 0. The SMILES string of the molecule is C1=CC(C2SCc3ccccc32)CCC1. The highest BCUT2D eigenvalue weighted by molar-refractivity contribution is 7.99. The maximum Gasteiger partial charge on any atom is 0.0366 e. The lowest BCUT2D eigenvalue weighted by Crippen LogP contribution is -2.08. The van der Waals surface area contributed by atoms with E-state index in [1.54, 1.807) is 11.1 Å². The van der Waals surface area contributed by atoms with Crippen LogP contribution in [0.3, 0.4) is 0 Å². The first-order valence-corrected chi connectivity index (χ1v) is 6.86. The fourth-order valence-corrected chi connectivity index (χ4v) is 4.16. The number of hydrogen-bond donors (Lipinski definition) is 0. The van der Waals surface area contributed by atoms with Crippen molar-refractivity contribution in [1.82, 2.24) is 0 Å². The summed E-state index contributed by atoms with van der Waals surface area (Å²) in [7, 11) is 0. The van der Waals surface area contributed by atoms with E-state index in [0.29, 0.717) is 0 Å². The van der Waals surface area contributed by atoms with E-state index >= 15 is 0 Å². The lowest BCUT2D eigenvalue weighted by Gasteiger charge is -2.23. The maximum absolute atomic E-state index is 2.45. The molecule has 2 aliphatic rings. The Morgan fingerprint density at radius 3 is 3.00 bits per heavy atom. The van der Waals surface area contributed by atoms with Gasteiger partial charge in [-0.15, -0.1) is 11.8 Å². The minimum atomic E-state index is 0.734. The van der Waals surface area contributed by atoms with Gasteiger partial charge in [0.05, 0.1) is 0 Å². The smallest absolute Gasteiger partial charge is 0.0366 e. The normalized spacial score (nSPS) is 29.1. The highest BCUT2D eigenvalue weighted by Crippen LogP contribution is 2.48. The van der Waals surface area contributed by atoms with Gasteiger partial charge in [0, 0.05) is 11.0 Å². The standard InChI is InChI=1S/C14H16S/c1-2-6-11(7-3-1)14-13-9-5-4-8-12(13)10-15-14/h2,4-6,8-9,11,14H,1,3,7,10H2. The van der Waals surface area contributed by atoms with Crippen molar-refractivity contribution in [3.63, 3.8) is 0 Å². The van der Waals surface area contributed by atoms with Crippen molar-refractivity contribution < 1.29 is 0 Å². The van der Waals surface area contributed by atoms with Gasteiger partial charge in [0.15, 0.2) is 0 Å². The quantitative estimate of drug-likeness (QED) is 0.630. The van der Waals surface area contributed by atoms with E-state index < -0.39 is 0 Å². The molecular weight excluding hydrogens is 200 g/mol. The molecule has 1 heteroatoms. The summed E-state index contributed by atoms with van der Waals surface area (Å²) in [5.41, 5.74) is 3.16. The zero-order valence-corrected chi connectivity index (χ0v) is 9.67. The molecule has 2 unspecified atom stereocenters. The van der Waals surface area contributed by atoms with Gasteiger partial charge in [-0.25, -0.2) is 0 Å². The van der Waals surface area contributed by atoms with E-state index in [4.69, 9.17) is 0 Å². The molecule has 0 fully saturated rings. The molecule has 1 aromatic carbocycles. The van der Waals surface area contributed by atoms with Crippen LogP contribution in [0.2, 0.25) is 0 Å². The summed E-state index contributed by atoms with van der Waals surface area (Å²) in [5, 5.41) is 0.734. The Morgan fingerprint density at radius 2 is 2.13 bits per heavy atom. The third-order valence-electron chi connectivity index (χ3n) is 3.46. The predicted molar refractivity (Wildman–Crippen MR) is 67.0 cm³/mol. The molecule has 0 nitrogen and oxygen atoms in total. The van der Waals surface area contributed by atoms with Gasteiger partial charge >= 0.3 is 0 Å². The highest BCUT2D eigenvalue weighted by Gasteiger charge is 2.28. The molecule has 0 saturated heterocycles. The van der Waals surface area contributed by atoms with Crippen molar-refractivity contribution in [3.05, 3.63) is 47.5 Å². The molecule has 1 aliphatic heterocycles. The van der Waals surface area contributed by atoms with Gasteiger partial charge in [0.1, 0.15) is 0 Å². The Hall–Kier alpha value is -0.690. The Morgan fingerprint density at radius 1 is 1.20 bits per heavy atom. The fourth-order valence-electron chi connectivity index (χ4n) is 2.66. The van der Waals surface area contributed by atoms with Crippen molar-refractivity contribution in [3.8, 4) is 0 Å². The molecule has 1 heterocycles. The maximum atomic E-state index is 2.45. The molecule has 0 radical (unpaired) electrons. The summed E-state index contributed by atoms with van der Waals surface area (Å²) in [6, 6.07) is 8.96. The van der Waals surface area contributed by atoms with Gasteiger partial charge < -0.3 is 0 Å². The van der Waals surface area contributed by atoms with Crippen LogP contribution in [-0.2, 0) is 5.75 Å². The average molecular weight is 216 g/mol. The third kappa shape index (κ3) is 1.74. The van der Waals surface area contributed by atoms with Gasteiger partial charge in [0.25, 0.3) is 0 Å². The van der Waals surface area contributed by atoms with Crippen LogP contribution >= 0.6 is 11.8 Å². The Kier molecular flexibility index (Phi) is 2.57. The van der Waals surface area contributed by atoms with E-state index in [1.807, 2.05) is 0 Å². The molecule has 0 saturated carbocycles. The third-order valence-corrected chi connectivity index (χ3v) is 4.90. The van der Waals surface area contributed by atoms with Crippen molar-refractivity contribution in [2.24, 2.45) is 5.92 Å². The number of benzene rings is 1. The average Bonchev–Trinajstić information content (AvgIpc) is 2.74. The minimum absolute atomic E-state index is 0.734. The van der Waals surface area contributed by atoms with E-state index in [2.05, 4.69) is 48.2 Å². The Labute approximate surface area is 95.8 Å². The summed E-state index contributed by atoms with van der Waals surface area (Å²) in [4.78, 5) is 0. The predicted octanol–water partition coefficient (Wildman–Crippen LogP) is 4.33. The van der Waals surface area contributed by atoms with E-state index in [0.717, 1.165) is 11.2 Å². The summed E-state index contributed by atoms with van der Waals surface area (Å²) >= 11 is 2.13. The van der Waals surface area contributed by atoms with Crippen molar-refractivity contribution in [1.29, 1.82) is 0 Å². The minimum Gasteiger partial charge on any atom is -0.148 e. The van der Waals surface area contributed by atoms with Crippen LogP contribution in [-0.4, -0.2) is 0 Å². The van der Waals surface area contributed by atoms with Crippen LogP contribution in [0, 0.1) is 5.92 Å². The molecule has 0 bridgehead atoms. The Bertz CT molecular complexity index is 381. The molecule has 1 aromatic rings. The fraction of sp³-hybridized carbons (Fsp3) is 0.429. The first-order chi connectivity index (χ1) is 7.45. The molecule has 0 aromatic heterocycles. The first-order valence-electron chi connectivity index (χ1n) is 5.81. The van der Waals surface area contributed by atoms with Gasteiger partial charge in [-0.05, 0) is 36.3 Å². The lowest BCUT2D eigenvalue weighted by atomic mass is 9.88. The van der Waals surface area contributed by atoms with E-state index in [9.17, 15) is 0 Å². The van der Waals surface area contributed by atoms with Crippen LogP contribution in [0.25, 0.3) is 0 Å². The second-order valence-corrected chi connectivity index (χ2v) is 5.58. The van der Waals surface area contributed by atoms with Crippen LogP contribution in [0.5, 0.6) is 0 Å². The first kappa shape index (κ1) is 9.53. The summed E-state index contributed by atoms with van der Waals surface area (Å²) in [5.74, 6) is 2.00. The van der Waals surface area contributed by atoms with Gasteiger partial charge in [0.2, 0.25) is 0 Å². The zero-order valence-electron chi connectivity index (χ0n) is 8.86. The molecule has 0 N–H and O–H groups in total. The summed E-state index contributed by atoms with van der Waals surface area (Å²) in [6.45, 7) is 0. The van der Waals surface area contributed by atoms with E-state index in [-0.39, 0.29) is 0 Å². The number of fused-ring (bicyclic) bond motifs is 1. The van der Waals surface area contributed by atoms with Gasteiger partial charge in [-0.3, -0.25) is 0 Å². The zero-order chi connectivity index (χ0) is 10.1. The molecule has 2 atom stereocenters. The van der Waals surface area contributed by atoms with E-state index in [1.165, 1.54) is 25.0 Å². The number of rotatable bonds is 1. The van der Waals surface area contributed by atoms with Gasteiger partial charge in [-0.2, -0.15) is 0 Å². The Balaban J connectivity index is 1.89. The highest BCUT2D eigenvalue weighted by atomic mass is 32.2. The topological polar surface area (TPSA) is 0 Å². The van der Waals surface area contributed by atoms with Crippen LogP contribution in [0.15, 0.2) is 36.4 Å². The van der Waals surface area contributed by atoms with Crippen LogP contribution in [0.4, 0.5) is 0 Å². The van der Waals surface area contributed by atoms with Crippen molar-refractivity contribution >= 4 is 11.8 Å². The molecule has 0 amide bonds. The lowest BCUT2D eigenvalue weighted by molar-refractivity contribution is 0.532. The molecular formula is C14H16S. The molecule has 0 spiro atoms. The second-order valence-electron chi connectivity index (χ2n) is 4.45. The van der Waals surface area contributed by atoms with Gasteiger partial charge in [-0.1, -0.05) is 36.4 Å². The number of hydrogen-bond acceptors (Lipinski definition) is 1.